The number of carbonyl (C=O) groups is 1. The van der Waals surface area contributed by atoms with Crippen molar-refractivity contribution in [2.75, 3.05) is 37.7 Å². The van der Waals surface area contributed by atoms with Gasteiger partial charge in [-0.2, -0.15) is 0 Å². The molecular formula is C11H21N3O3S. The molecule has 3 N–H and O–H groups in total. The molecule has 0 aromatic rings. The molecule has 2 fully saturated rings. The van der Waals surface area contributed by atoms with Crippen molar-refractivity contribution in [3.8, 4) is 0 Å². The van der Waals surface area contributed by atoms with E-state index < -0.39 is 9.84 Å². The number of sulfone groups is 1. The van der Waals surface area contributed by atoms with Gasteiger partial charge in [0, 0.05) is 12.6 Å². The van der Waals surface area contributed by atoms with Crippen molar-refractivity contribution in [3.05, 3.63) is 0 Å². The highest BCUT2D eigenvalue weighted by molar-refractivity contribution is 7.91. The van der Waals surface area contributed by atoms with Crippen LogP contribution in [-0.4, -0.2) is 63.0 Å². The van der Waals surface area contributed by atoms with Gasteiger partial charge >= 0.3 is 0 Å². The maximum Gasteiger partial charge on any atom is 0.234 e. The molecule has 7 heteroatoms. The zero-order chi connectivity index (χ0) is 13.2. The molecule has 18 heavy (non-hydrogen) atoms. The third-order valence-corrected chi connectivity index (χ3v) is 5.44. The third kappa shape index (κ3) is 3.66. The number of hydrogen-bond donors (Lipinski definition) is 2. The van der Waals surface area contributed by atoms with Crippen molar-refractivity contribution in [3.63, 3.8) is 0 Å². The Bertz CT molecular complexity index is 410. The second-order valence-electron chi connectivity index (χ2n) is 5.29. The number of rotatable bonds is 4. The van der Waals surface area contributed by atoms with Gasteiger partial charge in [0.05, 0.1) is 18.1 Å². The van der Waals surface area contributed by atoms with Crippen molar-refractivity contribution < 1.29 is 13.2 Å². The highest BCUT2D eigenvalue weighted by Crippen LogP contribution is 2.14. The first-order valence-corrected chi connectivity index (χ1v) is 8.23. The van der Waals surface area contributed by atoms with Crippen molar-refractivity contribution in [2.24, 2.45) is 11.7 Å². The van der Waals surface area contributed by atoms with Crippen molar-refractivity contribution in [1.29, 1.82) is 0 Å². The molecule has 0 spiro atoms. The first kappa shape index (κ1) is 13.8. The molecule has 2 rings (SSSR count). The summed E-state index contributed by atoms with van der Waals surface area (Å²) in [5, 5.41) is 2.80. The van der Waals surface area contributed by atoms with Gasteiger partial charge in [-0.05, 0) is 31.8 Å². The van der Waals surface area contributed by atoms with Crippen LogP contribution < -0.4 is 11.1 Å². The molecule has 2 aliphatic rings. The van der Waals surface area contributed by atoms with Crippen LogP contribution >= 0.6 is 0 Å². The molecule has 1 amide bonds. The van der Waals surface area contributed by atoms with E-state index in [1.807, 2.05) is 0 Å². The van der Waals surface area contributed by atoms with E-state index in [0.717, 1.165) is 19.5 Å². The summed E-state index contributed by atoms with van der Waals surface area (Å²) in [4.78, 5) is 13.9. The molecule has 2 unspecified atom stereocenters. The summed E-state index contributed by atoms with van der Waals surface area (Å²) in [6.45, 7) is 2.79. The SMILES string of the molecule is NCC1CCN(CC(=O)NC2CCS(=O)(=O)C2)C1. The van der Waals surface area contributed by atoms with Gasteiger partial charge < -0.3 is 11.1 Å². The van der Waals surface area contributed by atoms with Gasteiger partial charge in [-0.15, -0.1) is 0 Å². The van der Waals surface area contributed by atoms with Crippen LogP contribution in [0.3, 0.4) is 0 Å². The standard InChI is InChI=1S/C11H21N3O3S/c12-5-9-1-3-14(6-9)7-11(15)13-10-2-4-18(16,17)8-10/h9-10H,1-8,12H2,(H,13,15). The van der Waals surface area contributed by atoms with E-state index in [1.165, 1.54) is 0 Å². The van der Waals surface area contributed by atoms with Gasteiger partial charge in [-0.25, -0.2) is 8.42 Å². The van der Waals surface area contributed by atoms with Crippen LogP contribution in [0, 0.1) is 5.92 Å². The lowest BCUT2D eigenvalue weighted by Gasteiger charge is -2.17. The number of nitrogens with two attached hydrogens (primary N) is 1. The summed E-state index contributed by atoms with van der Waals surface area (Å²) < 4.78 is 22.5. The Hall–Kier alpha value is -0.660. The lowest BCUT2D eigenvalue weighted by atomic mass is 10.1. The summed E-state index contributed by atoms with van der Waals surface area (Å²) >= 11 is 0. The molecule has 0 bridgehead atoms. The van der Waals surface area contributed by atoms with E-state index in [-0.39, 0.29) is 23.5 Å². The zero-order valence-electron chi connectivity index (χ0n) is 10.5. The molecule has 0 radical (unpaired) electrons. The summed E-state index contributed by atoms with van der Waals surface area (Å²) in [5.41, 5.74) is 5.59. The number of nitrogens with one attached hydrogen (secondary N) is 1. The van der Waals surface area contributed by atoms with Gasteiger partial charge in [0.2, 0.25) is 5.91 Å². The van der Waals surface area contributed by atoms with Crippen LogP contribution in [-0.2, 0) is 14.6 Å². The number of nitrogens with zero attached hydrogens (tertiary/aromatic N) is 1. The first-order chi connectivity index (χ1) is 8.48. The van der Waals surface area contributed by atoms with E-state index in [0.29, 0.717) is 25.4 Å². The Morgan fingerprint density at radius 2 is 2.17 bits per heavy atom. The molecule has 0 aromatic carbocycles. The van der Waals surface area contributed by atoms with Crippen molar-refractivity contribution in [1.82, 2.24) is 10.2 Å². The maximum atomic E-state index is 11.8. The fourth-order valence-electron chi connectivity index (χ4n) is 2.63. The summed E-state index contributed by atoms with van der Waals surface area (Å²) in [6.07, 6.45) is 1.58. The lowest BCUT2D eigenvalue weighted by Crippen LogP contribution is -2.42. The fourth-order valence-corrected chi connectivity index (χ4v) is 4.31. The number of likely N-dealkylation sites (tertiary alicyclic amines) is 1. The van der Waals surface area contributed by atoms with Crippen LogP contribution in [0.5, 0.6) is 0 Å². The van der Waals surface area contributed by atoms with E-state index >= 15 is 0 Å². The van der Waals surface area contributed by atoms with E-state index in [1.54, 1.807) is 0 Å². The molecule has 0 aromatic heterocycles. The fraction of sp³-hybridized carbons (Fsp3) is 0.909. The minimum atomic E-state index is -2.93. The second-order valence-corrected chi connectivity index (χ2v) is 7.52. The molecule has 2 aliphatic heterocycles. The quantitative estimate of drug-likeness (QED) is 0.656. The Labute approximate surface area is 108 Å². The average molecular weight is 275 g/mol. The number of amides is 1. The number of carbonyl (C=O) groups excluding carboxylic acids is 1. The highest BCUT2D eigenvalue weighted by atomic mass is 32.2. The molecule has 2 heterocycles. The van der Waals surface area contributed by atoms with Crippen molar-refractivity contribution >= 4 is 15.7 Å². The van der Waals surface area contributed by atoms with Crippen LogP contribution in [0.1, 0.15) is 12.8 Å². The normalized spacial score (nSPS) is 31.6. The molecule has 0 saturated carbocycles. The molecule has 6 nitrogen and oxygen atoms in total. The second kappa shape index (κ2) is 5.54. The Kier molecular flexibility index (Phi) is 4.24. The Balaban J connectivity index is 1.73. The van der Waals surface area contributed by atoms with Gasteiger partial charge in [-0.1, -0.05) is 0 Å². The first-order valence-electron chi connectivity index (χ1n) is 6.41. The third-order valence-electron chi connectivity index (χ3n) is 3.67. The van der Waals surface area contributed by atoms with Crippen LogP contribution in [0.15, 0.2) is 0 Å². The smallest absolute Gasteiger partial charge is 0.234 e. The van der Waals surface area contributed by atoms with Gasteiger partial charge in [0.15, 0.2) is 9.84 Å². The van der Waals surface area contributed by atoms with Crippen LogP contribution in [0.4, 0.5) is 0 Å². The van der Waals surface area contributed by atoms with Gasteiger partial charge in [0.25, 0.3) is 0 Å². The zero-order valence-corrected chi connectivity index (χ0v) is 11.3. The molecule has 2 saturated heterocycles. The van der Waals surface area contributed by atoms with Crippen molar-refractivity contribution in [2.45, 2.75) is 18.9 Å². The lowest BCUT2D eigenvalue weighted by molar-refractivity contribution is -0.122. The molecular weight excluding hydrogens is 254 g/mol. The maximum absolute atomic E-state index is 11.8. The van der Waals surface area contributed by atoms with Crippen LogP contribution in [0.2, 0.25) is 0 Å². The van der Waals surface area contributed by atoms with E-state index in [9.17, 15) is 13.2 Å². The topological polar surface area (TPSA) is 92.5 Å². The average Bonchev–Trinajstić information content (AvgIpc) is 2.85. The summed E-state index contributed by atoms with van der Waals surface area (Å²) in [5.74, 6) is 0.695. The Morgan fingerprint density at radius 1 is 1.39 bits per heavy atom. The molecule has 2 atom stereocenters. The molecule has 104 valence electrons. The summed E-state index contributed by atoms with van der Waals surface area (Å²) in [7, 11) is -2.93. The predicted molar refractivity (Wildman–Crippen MR) is 68.8 cm³/mol. The Morgan fingerprint density at radius 3 is 2.72 bits per heavy atom. The predicted octanol–water partition coefficient (Wildman–Crippen LogP) is -1.43. The number of hydrogen-bond acceptors (Lipinski definition) is 5. The van der Waals surface area contributed by atoms with Gasteiger partial charge in [0.1, 0.15) is 0 Å². The minimum Gasteiger partial charge on any atom is -0.351 e. The summed E-state index contributed by atoms with van der Waals surface area (Å²) in [6, 6.07) is -0.199. The van der Waals surface area contributed by atoms with Crippen LogP contribution in [0.25, 0.3) is 0 Å². The molecule has 0 aliphatic carbocycles. The van der Waals surface area contributed by atoms with E-state index in [4.69, 9.17) is 5.73 Å². The minimum absolute atomic E-state index is 0.0743. The van der Waals surface area contributed by atoms with E-state index in [2.05, 4.69) is 10.2 Å². The largest absolute Gasteiger partial charge is 0.351 e. The highest BCUT2D eigenvalue weighted by Gasteiger charge is 2.30. The monoisotopic (exact) mass is 275 g/mol. The van der Waals surface area contributed by atoms with Gasteiger partial charge in [-0.3, -0.25) is 9.69 Å².